The van der Waals surface area contributed by atoms with Gasteiger partial charge in [0.05, 0.1) is 18.6 Å². The van der Waals surface area contributed by atoms with Crippen molar-refractivity contribution in [1.29, 1.82) is 0 Å². The van der Waals surface area contributed by atoms with E-state index in [0.717, 1.165) is 17.8 Å². The molecule has 1 unspecified atom stereocenters. The molecule has 1 aromatic carbocycles. The summed E-state index contributed by atoms with van der Waals surface area (Å²) in [5.74, 6) is 1.11. The van der Waals surface area contributed by atoms with Gasteiger partial charge in [-0.15, -0.1) is 0 Å². The SMILES string of the molecule is COC1=CC(OCc2ccc(C(F)(F)F)cc2)=CCC1c1cnc(-c2ccc(F)nc2)[nH]1. The number of hydrogen-bond donors (Lipinski definition) is 1. The minimum Gasteiger partial charge on any atom is -0.500 e. The van der Waals surface area contributed by atoms with E-state index >= 15 is 0 Å². The van der Waals surface area contributed by atoms with Crippen molar-refractivity contribution in [3.63, 3.8) is 0 Å². The van der Waals surface area contributed by atoms with Gasteiger partial charge >= 0.3 is 6.18 Å². The maximum Gasteiger partial charge on any atom is 0.416 e. The van der Waals surface area contributed by atoms with E-state index in [0.29, 0.717) is 34.9 Å². The zero-order chi connectivity index (χ0) is 22.7. The summed E-state index contributed by atoms with van der Waals surface area (Å²) in [6, 6.07) is 7.71. The van der Waals surface area contributed by atoms with Gasteiger partial charge in [-0.2, -0.15) is 17.6 Å². The van der Waals surface area contributed by atoms with Crippen LogP contribution in [0.5, 0.6) is 0 Å². The van der Waals surface area contributed by atoms with Crippen LogP contribution in [-0.4, -0.2) is 22.1 Å². The van der Waals surface area contributed by atoms with Gasteiger partial charge < -0.3 is 14.5 Å². The number of nitrogens with one attached hydrogen (secondary N) is 1. The summed E-state index contributed by atoms with van der Waals surface area (Å²) in [5, 5.41) is 0. The molecule has 0 fully saturated rings. The van der Waals surface area contributed by atoms with Crippen molar-refractivity contribution in [2.24, 2.45) is 0 Å². The number of allylic oxidation sites excluding steroid dienone is 3. The first-order valence-electron chi connectivity index (χ1n) is 9.75. The number of rotatable bonds is 6. The average Bonchev–Trinajstić information content (AvgIpc) is 3.27. The predicted octanol–water partition coefficient (Wildman–Crippen LogP) is 5.75. The van der Waals surface area contributed by atoms with Gasteiger partial charge in [0.1, 0.15) is 23.9 Å². The zero-order valence-corrected chi connectivity index (χ0v) is 17.0. The number of aromatic nitrogens is 3. The molecule has 9 heteroatoms. The number of imidazole rings is 1. The molecular formula is C23H19F4N3O2. The second-order valence-electron chi connectivity index (χ2n) is 7.19. The molecule has 5 nitrogen and oxygen atoms in total. The van der Waals surface area contributed by atoms with E-state index in [1.54, 1.807) is 25.4 Å². The molecular weight excluding hydrogens is 426 g/mol. The maximum absolute atomic E-state index is 13.0. The number of benzene rings is 1. The summed E-state index contributed by atoms with van der Waals surface area (Å²) in [6.45, 7) is 0.133. The highest BCUT2D eigenvalue weighted by Crippen LogP contribution is 2.34. The van der Waals surface area contributed by atoms with Crippen LogP contribution in [0.1, 0.15) is 29.2 Å². The van der Waals surface area contributed by atoms with Crippen LogP contribution in [0.3, 0.4) is 0 Å². The molecule has 1 N–H and O–H groups in total. The average molecular weight is 445 g/mol. The highest BCUT2D eigenvalue weighted by molar-refractivity contribution is 5.53. The number of hydrogen-bond acceptors (Lipinski definition) is 4. The lowest BCUT2D eigenvalue weighted by atomic mass is 9.95. The van der Waals surface area contributed by atoms with E-state index in [1.807, 2.05) is 6.08 Å². The van der Waals surface area contributed by atoms with Crippen molar-refractivity contribution in [2.75, 3.05) is 7.11 Å². The van der Waals surface area contributed by atoms with Crippen molar-refractivity contribution in [3.05, 3.63) is 95.2 Å². The Bertz CT molecular complexity index is 1130. The van der Waals surface area contributed by atoms with Crippen LogP contribution >= 0.6 is 0 Å². The van der Waals surface area contributed by atoms with Gasteiger partial charge in [-0.25, -0.2) is 9.97 Å². The third-order valence-electron chi connectivity index (χ3n) is 5.08. The van der Waals surface area contributed by atoms with Gasteiger partial charge in [0, 0.05) is 29.7 Å². The summed E-state index contributed by atoms with van der Waals surface area (Å²) in [5.41, 5.74) is 1.40. The number of aromatic amines is 1. The molecule has 32 heavy (non-hydrogen) atoms. The summed E-state index contributed by atoms with van der Waals surface area (Å²) < 4.78 is 62.4. The minimum absolute atomic E-state index is 0.118. The topological polar surface area (TPSA) is 60.0 Å². The summed E-state index contributed by atoms with van der Waals surface area (Å²) in [4.78, 5) is 11.2. The fourth-order valence-electron chi connectivity index (χ4n) is 3.36. The van der Waals surface area contributed by atoms with E-state index in [1.165, 1.54) is 24.4 Å². The molecule has 1 aliphatic rings. The van der Waals surface area contributed by atoms with E-state index in [-0.39, 0.29) is 12.5 Å². The van der Waals surface area contributed by atoms with Crippen molar-refractivity contribution >= 4 is 0 Å². The normalized spacial score (nSPS) is 16.3. The van der Waals surface area contributed by atoms with Gasteiger partial charge in [-0.05, 0) is 42.3 Å². The first-order valence-corrected chi connectivity index (χ1v) is 9.75. The van der Waals surface area contributed by atoms with Crippen molar-refractivity contribution < 1.29 is 27.0 Å². The van der Waals surface area contributed by atoms with Crippen LogP contribution in [0.25, 0.3) is 11.4 Å². The van der Waals surface area contributed by atoms with Gasteiger partial charge in [0.15, 0.2) is 0 Å². The molecule has 1 atom stereocenters. The van der Waals surface area contributed by atoms with Crippen LogP contribution < -0.4 is 0 Å². The molecule has 0 aliphatic heterocycles. The molecule has 166 valence electrons. The second-order valence-corrected chi connectivity index (χ2v) is 7.19. The number of nitrogens with zero attached hydrogens (tertiary/aromatic N) is 2. The molecule has 1 aliphatic carbocycles. The first kappa shape index (κ1) is 21.6. The number of methoxy groups -OCH3 is 1. The molecule has 0 bridgehead atoms. The lowest BCUT2D eigenvalue weighted by Gasteiger charge is -2.22. The third-order valence-corrected chi connectivity index (χ3v) is 5.08. The summed E-state index contributed by atoms with van der Waals surface area (Å²) in [6.07, 6.45) is 2.94. The lowest BCUT2D eigenvalue weighted by molar-refractivity contribution is -0.137. The van der Waals surface area contributed by atoms with Crippen molar-refractivity contribution in [3.8, 4) is 11.4 Å². The van der Waals surface area contributed by atoms with Crippen LogP contribution in [-0.2, 0) is 22.3 Å². The largest absolute Gasteiger partial charge is 0.500 e. The molecule has 2 heterocycles. The Balaban J connectivity index is 1.42. The van der Waals surface area contributed by atoms with Crippen LogP contribution in [0.4, 0.5) is 17.6 Å². The zero-order valence-electron chi connectivity index (χ0n) is 17.0. The van der Waals surface area contributed by atoms with Gasteiger partial charge in [0.25, 0.3) is 0 Å². The first-order chi connectivity index (χ1) is 15.3. The van der Waals surface area contributed by atoms with Crippen LogP contribution in [0.2, 0.25) is 0 Å². The van der Waals surface area contributed by atoms with Crippen molar-refractivity contribution in [2.45, 2.75) is 25.1 Å². The number of ether oxygens (including phenoxy) is 2. The van der Waals surface area contributed by atoms with Gasteiger partial charge in [0.2, 0.25) is 5.95 Å². The van der Waals surface area contributed by atoms with Crippen LogP contribution in [0, 0.1) is 5.95 Å². The maximum atomic E-state index is 13.0. The van der Waals surface area contributed by atoms with E-state index in [4.69, 9.17) is 9.47 Å². The second kappa shape index (κ2) is 8.86. The standard InChI is InChI=1S/C23H19F4N3O2/c1-31-20-10-17(32-13-14-2-5-16(6-3-14)23(25,26)27)7-8-18(20)19-12-29-22(30-19)15-4-9-21(24)28-11-15/h2-7,9-12,18H,8,13H2,1H3,(H,29,30). The number of halogens is 4. The van der Waals surface area contributed by atoms with Crippen molar-refractivity contribution in [1.82, 2.24) is 15.0 Å². The predicted molar refractivity (Wildman–Crippen MR) is 109 cm³/mol. The lowest BCUT2D eigenvalue weighted by Crippen LogP contribution is -2.10. The molecule has 0 radical (unpaired) electrons. The Hall–Kier alpha value is -3.62. The Kier molecular flexibility index (Phi) is 5.98. The van der Waals surface area contributed by atoms with E-state index in [9.17, 15) is 17.6 Å². The summed E-state index contributed by atoms with van der Waals surface area (Å²) >= 11 is 0. The Morgan fingerprint density at radius 3 is 2.50 bits per heavy atom. The van der Waals surface area contributed by atoms with Gasteiger partial charge in [-0.1, -0.05) is 12.1 Å². The fraction of sp³-hybridized carbons (Fsp3) is 0.217. The molecule has 0 amide bonds. The Morgan fingerprint density at radius 2 is 1.84 bits per heavy atom. The molecule has 0 spiro atoms. The number of alkyl halides is 3. The van der Waals surface area contributed by atoms with E-state index < -0.39 is 17.7 Å². The summed E-state index contributed by atoms with van der Waals surface area (Å²) in [7, 11) is 1.55. The smallest absolute Gasteiger partial charge is 0.416 e. The third kappa shape index (κ3) is 4.82. The highest BCUT2D eigenvalue weighted by Gasteiger charge is 2.30. The quantitative estimate of drug-likeness (QED) is 0.388. The minimum atomic E-state index is -4.36. The Labute approximate surface area is 181 Å². The molecule has 2 aromatic heterocycles. The number of pyridine rings is 1. The highest BCUT2D eigenvalue weighted by atomic mass is 19.4. The number of H-pyrrole nitrogens is 1. The fourth-order valence-corrected chi connectivity index (χ4v) is 3.36. The molecule has 0 saturated carbocycles. The van der Waals surface area contributed by atoms with Gasteiger partial charge in [-0.3, -0.25) is 0 Å². The molecule has 3 aromatic rings. The molecule has 4 rings (SSSR count). The Morgan fingerprint density at radius 1 is 1.06 bits per heavy atom. The molecule has 0 saturated heterocycles. The monoisotopic (exact) mass is 445 g/mol. The van der Waals surface area contributed by atoms with Crippen LogP contribution in [0.15, 0.2) is 72.5 Å². The van der Waals surface area contributed by atoms with E-state index in [2.05, 4.69) is 15.0 Å².